The van der Waals surface area contributed by atoms with Crippen LogP contribution in [0.1, 0.15) is 5.69 Å². The zero-order valence-electron chi connectivity index (χ0n) is 13.2. The van der Waals surface area contributed by atoms with Crippen molar-refractivity contribution in [3.63, 3.8) is 0 Å². The largest absolute Gasteiger partial charge is 0.433 e. The van der Waals surface area contributed by atoms with E-state index in [1.54, 1.807) is 6.20 Å². The Morgan fingerprint density at radius 3 is 2.60 bits per heavy atom. The van der Waals surface area contributed by atoms with E-state index in [0.29, 0.717) is 22.3 Å². The molecule has 0 unspecified atom stereocenters. The topological polar surface area (TPSA) is 41.0 Å². The summed E-state index contributed by atoms with van der Waals surface area (Å²) >= 11 is 1.49. The van der Waals surface area contributed by atoms with Crippen LogP contribution in [0, 0.1) is 0 Å². The highest BCUT2D eigenvalue weighted by atomic mass is 32.1. The normalized spacial score (nSPS) is 15.7. The predicted octanol–water partition coefficient (Wildman–Crippen LogP) is 3.79. The van der Waals surface area contributed by atoms with Gasteiger partial charge in [-0.3, -0.25) is 0 Å². The number of alkyl halides is 3. The van der Waals surface area contributed by atoms with Crippen molar-refractivity contribution < 1.29 is 13.2 Å². The second-order valence-electron chi connectivity index (χ2n) is 5.83. The van der Waals surface area contributed by atoms with E-state index in [-0.39, 0.29) is 0 Å². The molecule has 0 saturated carbocycles. The molecule has 0 spiro atoms. The zero-order valence-corrected chi connectivity index (χ0v) is 14.0. The van der Waals surface area contributed by atoms with Gasteiger partial charge in [0.15, 0.2) is 0 Å². The Hall–Kier alpha value is -2.19. The lowest BCUT2D eigenvalue weighted by atomic mass is 10.1. The van der Waals surface area contributed by atoms with E-state index in [1.165, 1.54) is 17.4 Å². The van der Waals surface area contributed by atoms with Crippen LogP contribution in [-0.4, -0.2) is 36.1 Å². The number of thiophene rings is 1. The molecule has 130 valence electrons. The number of nitrogens with one attached hydrogen (secondary N) is 1. The van der Waals surface area contributed by atoms with Gasteiger partial charge in [-0.1, -0.05) is 0 Å². The van der Waals surface area contributed by atoms with Gasteiger partial charge in [0.2, 0.25) is 0 Å². The van der Waals surface area contributed by atoms with Gasteiger partial charge in [0.1, 0.15) is 11.5 Å². The molecule has 0 bridgehead atoms. The van der Waals surface area contributed by atoms with E-state index < -0.39 is 11.9 Å². The molecule has 0 aromatic carbocycles. The molecule has 1 aliphatic heterocycles. The Morgan fingerprint density at radius 1 is 1.12 bits per heavy atom. The summed E-state index contributed by atoms with van der Waals surface area (Å²) in [4.78, 5) is 10.6. The fraction of sp³-hybridized carbons (Fsp3) is 0.294. The minimum Gasteiger partial charge on any atom is -0.354 e. The number of fused-ring (bicyclic) bond motifs is 1. The Morgan fingerprint density at radius 2 is 1.92 bits per heavy atom. The van der Waals surface area contributed by atoms with Gasteiger partial charge in [-0.2, -0.15) is 24.5 Å². The van der Waals surface area contributed by atoms with Crippen molar-refractivity contribution >= 4 is 28.1 Å². The molecule has 3 aromatic heterocycles. The van der Waals surface area contributed by atoms with E-state index in [1.807, 2.05) is 16.8 Å². The van der Waals surface area contributed by atoms with Gasteiger partial charge in [0.25, 0.3) is 0 Å². The van der Waals surface area contributed by atoms with Crippen LogP contribution in [0.4, 0.5) is 19.0 Å². The molecule has 8 heteroatoms. The smallest absolute Gasteiger partial charge is 0.354 e. The van der Waals surface area contributed by atoms with Crippen LogP contribution in [0.25, 0.3) is 22.0 Å². The Labute approximate surface area is 146 Å². The van der Waals surface area contributed by atoms with Gasteiger partial charge in [-0.25, -0.2) is 9.97 Å². The number of piperazine rings is 1. The predicted molar refractivity (Wildman–Crippen MR) is 92.9 cm³/mol. The van der Waals surface area contributed by atoms with Crippen LogP contribution < -0.4 is 10.2 Å². The summed E-state index contributed by atoms with van der Waals surface area (Å²) in [7, 11) is 0. The van der Waals surface area contributed by atoms with Gasteiger partial charge in [-0.15, -0.1) is 0 Å². The maximum Gasteiger partial charge on any atom is 0.433 e. The zero-order chi connectivity index (χ0) is 17.4. The molecule has 1 fully saturated rings. The van der Waals surface area contributed by atoms with Gasteiger partial charge < -0.3 is 10.2 Å². The van der Waals surface area contributed by atoms with Crippen LogP contribution in [0.5, 0.6) is 0 Å². The summed E-state index contributed by atoms with van der Waals surface area (Å²) in [5.41, 5.74) is 0.924. The van der Waals surface area contributed by atoms with Crippen molar-refractivity contribution in [2.45, 2.75) is 6.18 Å². The molecule has 0 radical (unpaired) electrons. The van der Waals surface area contributed by atoms with Crippen LogP contribution in [0.2, 0.25) is 0 Å². The van der Waals surface area contributed by atoms with Gasteiger partial charge in [0.05, 0.1) is 5.52 Å². The first-order valence-electron chi connectivity index (χ1n) is 7.89. The second kappa shape index (κ2) is 6.27. The Balaban J connectivity index is 1.93. The lowest BCUT2D eigenvalue weighted by molar-refractivity contribution is -0.140. The fourth-order valence-electron chi connectivity index (χ4n) is 3.02. The average Bonchev–Trinajstić information content (AvgIpc) is 3.14. The number of hydrogen-bond acceptors (Lipinski definition) is 5. The molecule has 4 nitrogen and oxygen atoms in total. The summed E-state index contributed by atoms with van der Waals surface area (Å²) in [5.74, 6) is 0.691. The summed E-state index contributed by atoms with van der Waals surface area (Å²) in [5, 5.41) is 7.69. The number of anilines is 1. The molecule has 0 aliphatic carbocycles. The molecule has 1 N–H and O–H groups in total. The first-order chi connectivity index (χ1) is 12.0. The molecule has 1 saturated heterocycles. The third-order valence-corrected chi connectivity index (χ3v) is 4.93. The first kappa shape index (κ1) is 16.3. The average molecular weight is 364 g/mol. The number of rotatable bonds is 2. The lowest BCUT2D eigenvalue weighted by Crippen LogP contribution is -2.44. The van der Waals surface area contributed by atoms with Crippen LogP contribution in [-0.2, 0) is 6.18 Å². The van der Waals surface area contributed by atoms with Crippen LogP contribution in [0.15, 0.2) is 35.2 Å². The van der Waals surface area contributed by atoms with E-state index in [4.69, 9.17) is 0 Å². The monoisotopic (exact) mass is 364 g/mol. The Kier molecular flexibility index (Phi) is 4.09. The summed E-state index contributed by atoms with van der Waals surface area (Å²) in [6, 6.07) is 4.39. The van der Waals surface area contributed by atoms with Gasteiger partial charge in [-0.05, 0) is 34.5 Å². The molecular weight excluding hydrogens is 349 g/mol. The van der Waals surface area contributed by atoms with Crippen molar-refractivity contribution in [1.29, 1.82) is 0 Å². The highest BCUT2D eigenvalue weighted by Gasteiger charge is 2.33. The summed E-state index contributed by atoms with van der Waals surface area (Å²) in [6.45, 7) is 3.18. The van der Waals surface area contributed by atoms with Crippen LogP contribution >= 0.6 is 11.3 Å². The molecule has 25 heavy (non-hydrogen) atoms. The third-order valence-electron chi connectivity index (χ3n) is 4.25. The Bertz CT molecular complexity index is 887. The maximum atomic E-state index is 13.2. The first-order valence-corrected chi connectivity index (χ1v) is 8.83. The fourth-order valence-corrected chi connectivity index (χ4v) is 3.67. The molecule has 4 rings (SSSR count). The van der Waals surface area contributed by atoms with Gasteiger partial charge in [0, 0.05) is 43.3 Å². The maximum absolute atomic E-state index is 13.2. The number of nitrogens with zero attached hydrogens (tertiary/aromatic N) is 3. The van der Waals surface area contributed by atoms with E-state index in [0.717, 1.165) is 37.8 Å². The molecular formula is C17H15F3N4S. The van der Waals surface area contributed by atoms with E-state index in [9.17, 15) is 13.2 Å². The second-order valence-corrected chi connectivity index (χ2v) is 6.62. The lowest BCUT2D eigenvalue weighted by Gasteiger charge is -2.29. The number of pyridine rings is 2. The quantitative estimate of drug-likeness (QED) is 0.751. The SMILES string of the molecule is FC(F)(F)c1ccc2c(N3CCNCC3)ncc(-c3ccsc3)c2n1. The minimum atomic E-state index is -4.47. The van der Waals surface area contributed by atoms with Crippen LogP contribution in [0.3, 0.4) is 0 Å². The van der Waals surface area contributed by atoms with Crippen molar-refractivity contribution in [3.05, 3.63) is 40.8 Å². The molecule has 3 aromatic rings. The van der Waals surface area contributed by atoms with Gasteiger partial charge >= 0.3 is 6.18 Å². The number of hydrogen-bond donors (Lipinski definition) is 1. The standard InChI is InChI=1S/C17H15F3N4S/c18-17(19,20)14-2-1-12-15(23-14)13(11-3-8-25-10-11)9-22-16(12)24-6-4-21-5-7-24/h1-3,8-10,21H,4-7H2. The highest BCUT2D eigenvalue weighted by molar-refractivity contribution is 7.08. The van der Waals surface area contributed by atoms with E-state index in [2.05, 4.69) is 20.2 Å². The number of aromatic nitrogens is 2. The summed E-state index contributed by atoms with van der Waals surface area (Å²) in [6.07, 6.45) is -2.84. The minimum absolute atomic E-state index is 0.344. The molecule has 0 atom stereocenters. The van der Waals surface area contributed by atoms with Crippen molar-refractivity contribution in [1.82, 2.24) is 15.3 Å². The third kappa shape index (κ3) is 3.07. The van der Waals surface area contributed by atoms with Crippen molar-refractivity contribution in [2.75, 3.05) is 31.1 Å². The summed E-state index contributed by atoms with van der Waals surface area (Å²) < 4.78 is 39.5. The van der Waals surface area contributed by atoms with Crippen molar-refractivity contribution in [2.24, 2.45) is 0 Å². The number of halogens is 3. The van der Waals surface area contributed by atoms with Crippen molar-refractivity contribution in [3.8, 4) is 11.1 Å². The highest BCUT2D eigenvalue weighted by Crippen LogP contribution is 2.36. The molecule has 0 amide bonds. The molecule has 4 heterocycles. The molecule has 1 aliphatic rings. The van der Waals surface area contributed by atoms with E-state index >= 15 is 0 Å².